The maximum Gasteiger partial charge on any atom is 0.0199 e. The van der Waals surface area contributed by atoms with Crippen molar-refractivity contribution in [3.05, 3.63) is 12.3 Å². The predicted molar refractivity (Wildman–Crippen MR) is 36.2 cm³/mol. The maximum absolute atomic E-state index is 4.94. The maximum atomic E-state index is 4.94. The Kier molecular flexibility index (Phi) is 3.78. The van der Waals surface area contributed by atoms with Gasteiger partial charge in [0, 0.05) is 18.3 Å². The van der Waals surface area contributed by atoms with Crippen LogP contribution in [0.1, 0.15) is 13.8 Å². The molecule has 0 aromatic rings. The van der Waals surface area contributed by atoms with Crippen molar-refractivity contribution >= 4 is 0 Å². The molecule has 0 rings (SSSR count). The Balaban J connectivity index is 3.19. The second-order valence-corrected chi connectivity index (χ2v) is 1.82. The van der Waals surface area contributed by atoms with Crippen molar-refractivity contribution in [2.75, 3.05) is 0 Å². The van der Waals surface area contributed by atoms with Crippen molar-refractivity contribution in [2.45, 2.75) is 19.9 Å². The van der Waals surface area contributed by atoms with Gasteiger partial charge in [-0.1, -0.05) is 5.92 Å². The van der Waals surface area contributed by atoms with E-state index in [1.54, 1.807) is 12.3 Å². The monoisotopic (exact) mass is 109 g/mol. The highest BCUT2D eigenvalue weighted by atomic mass is 14.9. The minimum atomic E-state index is 0.472. The van der Waals surface area contributed by atoms with Gasteiger partial charge in [0.1, 0.15) is 0 Å². The van der Waals surface area contributed by atoms with Crippen LogP contribution in [-0.2, 0) is 0 Å². The Morgan fingerprint density at radius 2 is 2.25 bits per heavy atom. The zero-order valence-electron chi connectivity index (χ0n) is 5.31. The predicted octanol–water partition coefficient (Wildman–Crippen LogP) is 1.13. The van der Waals surface area contributed by atoms with Crippen molar-refractivity contribution in [3.63, 3.8) is 0 Å². The number of rotatable bonds is 2. The zero-order chi connectivity index (χ0) is 6.41. The number of terminal acetylenes is 1. The fourth-order valence-corrected chi connectivity index (χ4v) is 0.289. The van der Waals surface area contributed by atoms with Gasteiger partial charge in [-0.3, -0.25) is 0 Å². The first-order chi connectivity index (χ1) is 3.77. The largest absolute Gasteiger partial charge is 0.388 e. The van der Waals surface area contributed by atoms with E-state index in [2.05, 4.69) is 25.1 Å². The van der Waals surface area contributed by atoms with E-state index in [4.69, 9.17) is 6.42 Å². The average molecular weight is 109 g/mol. The number of hydrogen-bond acceptors (Lipinski definition) is 1. The van der Waals surface area contributed by atoms with E-state index in [0.717, 1.165) is 0 Å². The lowest BCUT2D eigenvalue weighted by Crippen LogP contribution is -2.14. The molecule has 0 radical (unpaired) electrons. The Morgan fingerprint density at radius 3 is 2.62 bits per heavy atom. The van der Waals surface area contributed by atoms with Crippen LogP contribution in [0.5, 0.6) is 0 Å². The molecule has 0 aromatic heterocycles. The number of nitrogens with one attached hydrogen (secondary N) is 1. The van der Waals surface area contributed by atoms with Crippen LogP contribution in [0, 0.1) is 12.3 Å². The molecular weight excluding hydrogens is 98.1 g/mol. The molecule has 1 N–H and O–H groups in total. The Morgan fingerprint density at radius 1 is 1.62 bits per heavy atom. The summed E-state index contributed by atoms with van der Waals surface area (Å²) < 4.78 is 0. The second-order valence-electron chi connectivity index (χ2n) is 1.82. The summed E-state index contributed by atoms with van der Waals surface area (Å²) in [7, 11) is 0. The van der Waals surface area contributed by atoms with E-state index < -0.39 is 0 Å². The van der Waals surface area contributed by atoms with Crippen molar-refractivity contribution in [3.8, 4) is 12.3 Å². The molecule has 1 heteroatoms. The van der Waals surface area contributed by atoms with Crippen molar-refractivity contribution in [2.24, 2.45) is 0 Å². The van der Waals surface area contributed by atoms with Gasteiger partial charge in [-0.15, -0.1) is 6.42 Å². The van der Waals surface area contributed by atoms with Gasteiger partial charge in [0.15, 0.2) is 0 Å². The van der Waals surface area contributed by atoms with Gasteiger partial charge in [0.05, 0.1) is 0 Å². The van der Waals surface area contributed by atoms with Gasteiger partial charge in [0.25, 0.3) is 0 Å². The molecule has 0 saturated heterocycles. The van der Waals surface area contributed by atoms with Crippen LogP contribution in [0.25, 0.3) is 0 Å². The summed E-state index contributed by atoms with van der Waals surface area (Å²) in [5.41, 5.74) is 0. The van der Waals surface area contributed by atoms with Crippen LogP contribution in [0.2, 0.25) is 0 Å². The van der Waals surface area contributed by atoms with Crippen LogP contribution >= 0.6 is 0 Å². The van der Waals surface area contributed by atoms with E-state index >= 15 is 0 Å². The molecule has 0 unspecified atom stereocenters. The first kappa shape index (κ1) is 7.10. The molecule has 0 aliphatic carbocycles. The molecule has 0 saturated carbocycles. The number of hydrogen-bond donors (Lipinski definition) is 1. The third-order valence-corrected chi connectivity index (χ3v) is 0.609. The highest BCUT2D eigenvalue weighted by molar-refractivity contribution is 5.07. The van der Waals surface area contributed by atoms with E-state index in [1.807, 2.05) is 0 Å². The molecule has 0 atom stereocenters. The van der Waals surface area contributed by atoms with Gasteiger partial charge in [-0.25, -0.2) is 0 Å². The first-order valence-corrected chi connectivity index (χ1v) is 2.64. The Labute approximate surface area is 50.8 Å². The second kappa shape index (κ2) is 4.26. The molecule has 1 nitrogen and oxygen atoms in total. The molecule has 0 aromatic carbocycles. The summed E-state index contributed by atoms with van der Waals surface area (Å²) >= 11 is 0. The average Bonchev–Trinajstić information content (AvgIpc) is 1.66. The zero-order valence-corrected chi connectivity index (χ0v) is 5.31. The minimum absolute atomic E-state index is 0.472. The summed E-state index contributed by atoms with van der Waals surface area (Å²) in [6, 6.07) is 0.472. The summed E-state index contributed by atoms with van der Waals surface area (Å²) in [6.07, 6.45) is 8.35. The number of allylic oxidation sites excluding steroid dienone is 1. The van der Waals surface area contributed by atoms with Gasteiger partial charge in [0.2, 0.25) is 0 Å². The molecule has 0 bridgehead atoms. The normalized spacial score (nSPS) is 9.75. The third kappa shape index (κ3) is 5.10. The Hall–Kier alpha value is -0.900. The third-order valence-electron chi connectivity index (χ3n) is 0.609. The molecule has 0 heterocycles. The van der Waals surface area contributed by atoms with Crippen LogP contribution in [0.4, 0.5) is 0 Å². The van der Waals surface area contributed by atoms with Gasteiger partial charge in [-0.2, -0.15) is 0 Å². The van der Waals surface area contributed by atoms with Crippen molar-refractivity contribution in [1.82, 2.24) is 5.32 Å². The molecular formula is C7H11N. The van der Waals surface area contributed by atoms with E-state index in [-0.39, 0.29) is 0 Å². The summed E-state index contributed by atoms with van der Waals surface area (Å²) in [5.74, 6) is 2.38. The standard InChI is InChI=1S/C7H11N/c1-4-5-6-8-7(2)3/h1,5-8H,2-3H3/b6-5-. The van der Waals surface area contributed by atoms with E-state index in [0.29, 0.717) is 6.04 Å². The molecule has 0 aliphatic heterocycles. The smallest absolute Gasteiger partial charge is 0.0199 e. The van der Waals surface area contributed by atoms with Gasteiger partial charge >= 0.3 is 0 Å². The highest BCUT2D eigenvalue weighted by Crippen LogP contribution is 1.74. The van der Waals surface area contributed by atoms with E-state index in [9.17, 15) is 0 Å². The molecule has 0 aliphatic rings. The molecule has 0 spiro atoms. The minimum Gasteiger partial charge on any atom is -0.388 e. The van der Waals surface area contributed by atoms with Crippen LogP contribution in [0.3, 0.4) is 0 Å². The van der Waals surface area contributed by atoms with Gasteiger partial charge < -0.3 is 5.32 Å². The van der Waals surface area contributed by atoms with Gasteiger partial charge in [-0.05, 0) is 13.8 Å². The topological polar surface area (TPSA) is 12.0 Å². The molecule has 8 heavy (non-hydrogen) atoms. The summed E-state index contributed by atoms with van der Waals surface area (Å²) in [4.78, 5) is 0. The lowest BCUT2D eigenvalue weighted by molar-refractivity contribution is 0.703. The van der Waals surface area contributed by atoms with Crippen molar-refractivity contribution < 1.29 is 0 Å². The Bertz CT molecular complexity index is 106. The summed E-state index contributed by atoms with van der Waals surface area (Å²) in [5, 5.41) is 3.02. The summed E-state index contributed by atoms with van der Waals surface area (Å²) in [6.45, 7) is 4.11. The lowest BCUT2D eigenvalue weighted by atomic mass is 10.4. The van der Waals surface area contributed by atoms with Crippen LogP contribution in [-0.4, -0.2) is 6.04 Å². The fourth-order valence-electron chi connectivity index (χ4n) is 0.289. The fraction of sp³-hybridized carbons (Fsp3) is 0.429. The quantitative estimate of drug-likeness (QED) is 0.524. The SMILES string of the molecule is C#C/C=C\NC(C)C. The van der Waals surface area contributed by atoms with Crippen molar-refractivity contribution in [1.29, 1.82) is 0 Å². The van der Waals surface area contributed by atoms with E-state index in [1.165, 1.54) is 0 Å². The van der Waals surface area contributed by atoms with Crippen LogP contribution in [0.15, 0.2) is 12.3 Å². The van der Waals surface area contributed by atoms with Crippen LogP contribution < -0.4 is 5.32 Å². The molecule has 44 valence electrons. The molecule has 0 amide bonds. The molecule has 0 fully saturated rings. The first-order valence-electron chi connectivity index (χ1n) is 2.64. The lowest BCUT2D eigenvalue weighted by Gasteiger charge is -2.00. The highest BCUT2D eigenvalue weighted by Gasteiger charge is 1.80.